The molecule has 0 bridgehead atoms. The van der Waals surface area contributed by atoms with E-state index in [9.17, 15) is 4.79 Å². The van der Waals surface area contributed by atoms with E-state index < -0.39 is 5.25 Å². The van der Waals surface area contributed by atoms with Gasteiger partial charge in [0.2, 0.25) is 5.91 Å². The number of nitrogens with one attached hydrogen (secondary N) is 1. The molecule has 2 heterocycles. The zero-order valence-electron chi connectivity index (χ0n) is 14.0. The molecule has 0 saturated heterocycles. The molecule has 26 heavy (non-hydrogen) atoms. The molecule has 1 atom stereocenters. The topological polar surface area (TPSA) is 72.7 Å². The van der Waals surface area contributed by atoms with Crippen LogP contribution in [0.15, 0.2) is 47.9 Å². The molecule has 0 radical (unpaired) electrons. The molecule has 0 aliphatic heterocycles. The van der Waals surface area contributed by atoms with Gasteiger partial charge in [-0.15, -0.1) is 10.2 Å². The molecule has 0 saturated carbocycles. The number of thioether (sulfide) groups is 1. The summed E-state index contributed by atoms with van der Waals surface area (Å²) in [6, 6.07) is 8.77. The minimum atomic E-state index is -0.421. The number of carbonyl (C=O) groups is 1. The first-order valence-corrected chi connectivity index (χ1v) is 9.32. The highest BCUT2D eigenvalue weighted by atomic mass is 35.5. The van der Waals surface area contributed by atoms with Gasteiger partial charge in [-0.25, -0.2) is 0 Å². The van der Waals surface area contributed by atoms with Gasteiger partial charge in [-0.2, -0.15) is 0 Å². The molecular weight excluding hydrogens is 393 g/mol. The summed E-state index contributed by atoms with van der Waals surface area (Å²) >= 11 is 13.5. The minimum Gasteiger partial charge on any atom is -0.323 e. The third-order valence-electron chi connectivity index (χ3n) is 3.64. The molecule has 0 spiro atoms. The number of para-hydroxylation sites is 1. The highest BCUT2D eigenvalue weighted by Gasteiger charge is 2.21. The fourth-order valence-electron chi connectivity index (χ4n) is 2.22. The summed E-state index contributed by atoms with van der Waals surface area (Å²) in [7, 11) is 1.85. The number of anilines is 1. The van der Waals surface area contributed by atoms with E-state index in [1.807, 2.05) is 23.7 Å². The molecule has 9 heteroatoms. The first kappa shape index (κ1) is 18.7. The molecule has 134 valence electrons. The van der Waals surface area contributed by atoms with Gasteiger partial charge in [0, 0.05) is 25.0 Å². The highest BCUT2D eigenvalue weighted by Crippen LogP contribution is 2.31. The average molecular weight is 408 g/mol. The Balaban J connectivity index is 1.73. The van der Waals surface area contributed by atoms with E-state index in [2.05, 4.69) is 20.5 Å². The Labute approximate surface area is 164 Å². The third kappa shape index (κ3) is 4.00. The van der Waals surface area contributed by atoms with E-state index in [1.165, 1.54) is 11.8 Å². The van der Waals surface area contributed by atoms with E-state index in [0.717, 1.165) is 5.56 Å². The molecular formula is C17H15Cl2N5OS. The normalized spacial score (nSPS) is 12.0. The number of halogens is 2. The van der Waals surface area contributed by atoms with Gasteiger partial charge in [0.05, 0.1) is 21.0 Å². The van der Waals surface area contributed by atoms with Crippen LogP contribution in [-0.2, 0) is 11.8 Å². The predicted molar refractivity (Wildman–Crippen MR) is 105 cm³/mol. The van der Waals surface area contributed by atoms with Gasteiger partial charge >= 0.3 is 0 Å². The largest absolute Gasteiger partial charge is 0.323 e. The van der Waals surface area contributed by atoms with E-state index >= 15 is 0 Å². The maximum Gasteiger partial charge on any atom is 0.237 e. The zero-order valence-corrected chi connectivity index (χ0v) is 16.3. The number of pyridine rings is 1. The monoisotopic (exact) mass is 407 g/mol. The number of amides is 1. The van der Waals surface area contributed by atoms with Crippen molar-refractivity contribution in [2.75, 3.05) is 5.32 Å². The first-order valence-electron chi connectivity index (χ1n) is 7.68. The Kier molecular flexibility index (Phi) is 5.80. The number of carbonyl (C=O) groups excluding carboxylic acids is 1. The molecule has 1 aromatic carbocycles. The maximum atomic E-state index is 12.5. The summed E-state index contributed by atoms with van der Waals surface area (Å²) < 4.78 is 1.84. The first-order chi connectivity index (χ1) is 12.5. The van der Waals surface area contributed by atoms with Crippen LogP contribution >= 0.6 is 35.0 Å². The summed E-state index contributed by atoms with van der Waals surface area (Å²) in [5.41, 5.74) is 1.31. The van der Waals surface area contributed by atoms with Gasteiger partial charge in [0.1, 0.15) is 0 Å². The Morgan fingerprint density at radius 2 is 1.81 bits per heavy atom. The van der Waals surface area contributed by atoms with Crippen molar-refractivity contribution in [3.8, 4) is 11.4 Å². The second-order valence-corrected chi connectivity index (χ2v) is 7.57. The van der Waals surface area contributed by atoms with Gasteiger partial charge in [-0.1, -0.05) is 41.0 Å². The second-order valence-electron chi connectivity index (χ2n) is 5.45. The Morgan fingerprint density at radius 3 is 2.46 bits per heavy atom. The van der Waals surface area contributed by atoms with Crippen LogP contribution in [-0.4, -0.2) is 30.9 Å². The lowest BCUT2D eigenvalue weighted by atomic mass is 10.2. The van der Waals surface area contributed by atoms with Gasteiger partial charge in [-0.05, 0) is 31.2 Å². The van der Waals surface area contributed by atoms with Crippen molar-refractivity contribution in [3.63, 3.8) is 0 Å². The van der Waals surface area contributed by atoms with Gasteiger partial charge in [0.25, 0.3) is 0 Å². The van der Waals surface area contributed by atoms with Crippen LogP contribution in [0.4, 0.5) is 5.69 Å². The van der Waals surface area contributed by atoms with Crippen molar-refractivity contribution in [3.05, 3.63) is 52.8 Å². The summed E-state index contributed by atoms with van der Waals surface area (Å²) in [5.74, 6) is 0.482. The maximum absolute atomic E-state index is 12.5. The fraction of sp³-hybridized carbons (Fsp3) is 0.176. The molecule has 6 nitrogen and oxygen atoms in total. The predicted octanol–water partition coefficient (Wildman–Crippen LogP) is 4.30. The van der Waals surface area contributed by atoms with Crippen molar-refractivity contribution in [1.29, 1.82) is 0 Å². The molecule has 2 aromatic heterocycles. The molecule has 0 aliphatic carbocycles. The lowest BCUT2D eigenvalue weighted by molar-refractivity contribution is -0.115. The number of aromatic nitrogens is 4. The van der Waals surface area contributed by atoms with Crippen molar-refractivity contribution in [2.45, 2.75) is 17.3 Å². The molecule has 0 unspecified atom stereocenters. The van der Waals surface area contributed by atoms with Gasteiger partial charge in [0.15, 0.2) is 11.0 Å². The van der Waals surface area contributed by atoms with E-state index in [1.54, 1.807) is 37.5 Å². The number of nitrogens with zero attached hydrogens (tertiary/aromatic N) is 4. The van der Waals surface area contributed by atoms with Crippen molar-refractivity contribution >= 4 is 46.6 Å². The van der Waals surface area contributed by atoms with E-state index in [0.29, 0.717) is 26.7 Å². The standard InChI is InChI=1S/C17H15Cl2N5OS/c1-10(16(25)21-14-12(18)4-3-5-13(14)19)26-17-23-22-15(24(17)2)11-6-8-20-9-7-11/h3-10H,1-2H3,(H,21,25)/t10-/m0/s1. The molecule has 1 N–H and O–H groups in total. The third-order valence-corrected chi connectivity index (χ3v) is 5.40. The quantitative estimate of drug-likeness (QED) is 0.638. The van der Waals surface area contributed by atoms with Crippen LogP contribution < -0.4 is 5.32 Å². The molecule has 0 fully saturated rings. The van der Waals surface area contributed by atoms with Crippen molar-refractivity contribution in [1.82, 2.24) is 19.7 Å². The number of benzene rings is 1. The number of rotatable bonds is 5. The number of hydrogen-bond acceptors (Lipinski definition) is 5. The van der Waals surface area contributed by atoms with Crippen LogP contribution in [0.25, 0.3) is 11.4 Å². The van der Waals surface area contributed by atoms with E-state index in [4.69, 9.17) is 23.2 Å². The molecule has 0 aliphatic rings. The molecule has 1 amide bonds. The lowest BCUT2D eigenvalue weighted by Gasteiger charge is -2.13. The van der Waals surface area contributed by atoms with Crippen LogP contribution in [0, 0.1) is 0 Å². The fourth-order valence-corrected chi connectivity index (χ4v) is 3.53. The lowest BCUT2D eigenvalue weighted by Crippen LogP contribution is -2.23. The summed E-state index contributed by atoms with van der Waals surface area (Å²) in [5, 5.41) is 12.1. The van der Waals surface area contributed by atoms with Crippen molar-refractivity contribution < 1.29 is 4.79 Å². The Bertz CT molecular complexity index is 912. The van der Waals surface area contributed by atoms with Crippen LogP contribution in [0.2, 0.25) is 10.0 Å². The summed E-state index contributed by atoms with van der Waals surface area (Å²) in [4.78, 5) is 16.5. The minimum absolute atomic E-state index is 0.224. The smallest absolute Gasteiger partial charge is 0.237 e. The molecule has 3 aromatic rings. The van der Waals surface area contributed by atoms with Gasteiger partial charge in [-0.3, -0.25) is 9.78 Å². The zero-order chi connectivity index (χ0) is 18.7. The van der Waals surface area contributed by atoms with Crippen LogP contribution in [0.5, 0.6) is 0 Å². The Hall–Kier alpha value is -2.09. The van der Waals surface area contributed by atoms with Crippen LogP contribution in [0.1, 0.15) is 6.92 Å². The molecule has 3 rings (SSSR count). The average Bonchev–Trinajstić information content (AvgIpc) is 2.99. The summed E-state index contributed by atoms with van der Waals surface area (Å²) in [6.45, 7) is 1.78. The number of hydrogen-bond donors (Lipinski definition) is 1. The van der Waals surface area contributed by atoms with Crippen molar-refractivity contribution in [2.24, 2.45) is 7.05 Å². The van der Waals surface area contributed by atoms with E-state index in [-0.39, 0.29) is 5.91 Å². The SMILES string of the molecule is C[C@H](Sc1nnc(-c2ccncc2)n1C)C(=O)Nc1c(Cl)cccc1Cl. The highest BCUT2D eigenvalue weighted by molar-refractivity contribution is 8.00. The van der Waals surface area contributed by atoms with Gasteiger partial charge < -0.3 is 9.88 Å². The summed E-state index contributed by atoms with van der Waals surface area (Å²) in [6.07, 6.45) is 3.39. The van der Waals surface area contributed by atoms with Crippen LogP contribution in [0.3, 0.4) is 0 Å². The second kappa shape index (κ2) is 8.07. The Morgan fingerprint density at radius 1 is 1.15 bits per heavy atom.